The molecule has 3 aromatic carbocycles. The van der Waals surface area contributed by atoms with Crippen molar-refractivity contribution >= 4 is 16.6 Å². The summed E-state index contributed by atoms with van der Waals surface area (Å²) in [6.07, 6.45) is 0. The van der Waals surface area contributed by atoms with Crippen LogP contribution in [0.25, 0.3) is 10.8 Å². The summed E-state index contributed by atoms with van der Waals surface area (Å²) in [7, 11) is 0. The molecule has 0 saturated heterocycles. The van der Waals surface area contributed by atoms with Crippen molar-refractivity contribution in [2.24, 2.45) is 0 Å². The summed E-state index contributed by atoms with van der Waals surface area (Å²) < 4.78 is 0. The van der Waals surface area contributed by atoms with E-state index in [1.165, 1.54) is 5.56 Å². The Bertz CT molecular complexity index is 800. The van der Waals surface area contributed by atoms with E-state index in [2.05, 4.69) is 6.07 Å². The first-order valence-corrected chi connectivity index (χ1v) is 6.76. The summed E-state index contributed by atoms with van der Waals surface area (Å²) in [6.45, 7) is 4.03. The minimum atomic E-state index is 0.0910. The molecule has 0 aliphatic rings. The van der Waals surface area contributed by atoms with Gasteiger partial charge in [0.05, 0.1) is 0 Å². The number of aryl methyl sites for hydroxylation is 2. The molecule has 0 spiro atoms. The van der Waals surface area contributed by atoms with E-state index in [1.807, 2.05) is 68.4 Å². The molecule has 0 N–H and O–H groups in total. The first kappa shape index (κ1) is 12.6. The third-order valence-corrected chi connectivity index (χ3v) is 3.64. The second kappa shape index (κ2) is 4.93. The highest BCUT2D eigenvalue weighted by Crippen LogP contribution is 2.20. The second-order valence-corrected chi connectivity index (χ2v) is 5.21. The Hall–Kier alpha value is -2.41. The number of carbonyl (C=O) groups is 1. The van der Waals surface area contributed by atoms with Gasteiger partial charge in [-0.1, -0.05) is 60.2 Å². The molecule has 0 aliphatic heterocycles. The fourth-order valence-corrected chi connectivity index (χ4v) is 2.55. The molecule has 0 heterocycles. The van der Waals surface area contributed by atoms with Crippen molar-refractivity contribution in [2.75, 3.05) is 0 Å². The molecule has 98 valence electrons. The number of carbonyl (C=O) groups excluding carboxylic acids is 1. The van der Waals surface area contributed by atoms with Crippen LogP contribution in [0.5, 0.6) is 0 Å². The Balaban J connectivity index is 2.08. The highest BCUT2D eigenvalue weighted by atomic mass is 16.1. The van der Waals surface area contributed by atoms with Crippen LogP contribution in [-0.4, -0.2) is 5.78 Å². The van der Waals surface area contributed by atoms with Gasteiger partial charge in [0.15, 0.2) is 5.78 Å². The number of hydrogen-bond donors (Lipinski definition) is 0. The minimum Gasteiger partial charge on any atom is -0.289 e. The Morgan fingerprint density at radius 2 is 1.55 bits per heavy atom. The smallest absolute Gasteiger partial charge is 0.193 e. The van der Waals surface area contributed by atoms with Gasteiger partial charge in [0, 0.05) is 11.1 Å². The molecule has 0 fully saturated rings. The lowest BCUT2D eigenvalue weighted by Crippen LogP contribution is -2.03. The van der Waals surface area contributed by atoms with Crippen molar-refractivity contribution in [3.63, 3.8) is 0 Å². The summed E-state index contributed by atoms with van der Waals surface area (Å²) >= 11 is 0. The van der Waals surface area contributed by atoms with Crippen LogP contribution in [0.3, 0.4) is 0 Å². The van der Waals surface area contributed by atoms with Crippen LogP contribution < -0.4 is 0 Å². The van der Waals surface area contributed by atoms with Gasteiger partial charge in [0.2, 0.25) is 0 Å². The van der Waals surface area contributed by atoms with Gasteiger partial charge in [-0.05, 0) is 36.2 Å². The zero-order valence-electron chi connectivity index (χ0n) is 11.7. The Morgan fingerprint density at radius 3 is 2.30 bits per heavy atom. The molecule has 3 rings (SSSR count). The monoisotopic (exact) mass is 260 g/mol. The highest BCUT2D eigenvalue weighted by molar-refractivity contribution is 6.11. The molecule has 0 aliphatic carbocycles. The van der Waals surface area contributed by atoms with Crippen LogP contribution in [-0.2, 0) is 0 Å². The second-order valence-electron chi connectivity index (χ2n) is 5.21. The maximum atomic E-state index is 12.6. The van der Waals surface area contributed by atoms with E-state index < -0.39 is 0 Å². The number of ketones is 1. The molecule has 0 amide bonds. The minimum absolute atomic E-state index is 0.0910. The molecule has 0 radical (unpaired) electrons. The lowest BCUT2D eigenvalue weighted by molar-refractivity contribution is 0.103. The van der Waals surface area contributed by atoms with Crippen LogP contribution in [0.15, 0.2) is 60.7 Å². The average molecular weight is 260 g/mol. The molecule has 0 saturated carbocycles. The number of fused-ring (bicyclic) bond motifs is 1. The van der Waals surface area contributed by atoms with E-state index in [1.54, 1.807) is 0 Å². The van der Waals surface area contributed by atoms with Crippen molar-refractivity contribution in [3.8, 4) is 0 Å². The first-order chi connectivity index (χ1) is 9.65. The SMILES string of the molecule is Cc1ccc(C(=O)c2ccc3ccccc3c2)c(C)c1. The summed E-state index contributed by atoms with van der Waals surface area (Å²) in [5.74, 6) is 0.0910. The molecule has 20 heavy (non-hydrogen) atoms. The summed E-state index contributed by atoms with van der Waals surface area (Å²) in [5, 5.41) is 2.26. The zero-order valence-corrected chi connectivity index (χ0v) is 11.7. The molecular formula is C19H16O. The number of rotatable bonds is 2. The standard InChI is InChI=1S/C19H16O/c1-13-7-10-18(14(2)11-13)19(20)17-9-8-15-5-3-4-6-16(15)12-17/h3-12H,1-2H3. The average Bonchev–Trinajstić information content (AvgIpc) is 2.46. The molecule has 3 aromatic rings. The predicted octanol–water partition coefficient (Wildman–Crippen LogP) is 4.69. The molecule has 0 atom stereocenters. The van der Waals surface area contributed by atoms with E-state index in [9.17, 15) is 4.79 Å². The van der Waals surface area contributed by atoms with Gasteiger partial charge in [-0.2, -0.15) is 0 Å². The number of benzene rings is 3. The van der Waals surface area contributed by atoms with Crippen molar-refractivity contribution in [1.82, 2.24) is 0 Å². The van der Waals surface area contributed by atoms with Gasteiger partial charge in [0.25, 0.3) is 0 Å². The van der Waals surface area contributed by atoms with E-state index in [-0.39, 0.29) is 5.78 Å². The summed E-state index contributed by atoms with van der Waals surface area (Å²) in [5.41, 5.74) is 3.74. The van der Waals surface area contributed by atoms with Crippen LogP contribution >= 0.6 is 0 Å². The third-order valence-electron chi connectivity index (χ3n) is 3.64. The Morgan fingerprint density at radius 1 is 0.800 bits per heavy atom. The number of hydrogen-bond acceptors (Lipinski definition) is 1. The molecule has 0 bridgehead atoms. The quantitative estimate of drug-likeness (QED) is 0.611. The zero-order chi connectivity index (χ0) is 14.1. The van der Waals surface area contributed by atoms with Gasteiger partial charge >= 0.3 is 0 Å². The fraction of sp³-hybridized carbons (Fsp3) is 0.105. The predicted molar refractivity (Wildman–Crippen MR) is 83.3 cm³/mol. The van der Waals surface area contributed by atoms with Crippen LogP contribution in [0, 0.1) is 13.8 Å². The molecular weight excluding hydrogens is 244 g/mol. The highest BCUT2D eigenvalue weighted by Gasteiger charge is 2.12. The molecule has 1 nitrogen and oxygen atoms in total. The largest absolute Gasteiger partial charge is 0.289 e. The molecule has 1 heteroatoms. The van der Waals surface area contributed by atoms with Gasteiger partial charge < -0.3 is 0 Å². The van der Waals surface area contributed by atoms with E-state index >= 15 is 0 Å². The third kappa shape index (κ3) is 2.23. The lowest BCUT2D eigenvalue weighted by atomic mass is 9.96. The van der Waals surface area contributed by atoms with Crippen LogP contribution in [0.2, 0.25) is 0 Å². The van der Waals surface area contributed by atoms with Gasteiger partial charge in [-0.3, -0.25) is 4.79 Å². The van der Waals surface area contributed by atoms with Crippen LogP contribution in [0.4, 0.5) is 0 Å². The van der Waals surface area contributed by atoms with Crippen molar-refractivity contribution in [3.05, 3.63) is 82.9 Å². The summed E-state index contributed by atoms with van der Waals surface area (Å²) in [6, 6.07) is 19.9. The molecule has 0 aromatic heterocycles. The van der Waals surface area contributed by atoms with E-state index in [0.717, 1.165) is 27.5 Å². The van der Waals surface area contributed by atoms with Gasteiger partial charge in [-0.25, -0.2) is 0 Å². The Labute approximate surface area is 118 Å². The van der Waals surface area contributed by atoms with Gasteiger partial charge in [-0.15, -0.1) is 0 Å². The molecule has 0 unspecified atom stereocenters. The van der Waals surface area contributed by atoms with E-state index in [4.69, 9.17) is 0 Å². The van der Waals surface area contributed by atoms with Gasteiger partial charge in [0.1, 0.15) is 0 Å². The van der Waals surface area contributed by atoms with Crippen molar-refractivity contribution in [2.45, 2.75) is 13.8 Å². The van der Waals surface area contributed by atoms with Crippen molar-refractivity contribution in [1.29, 1.82) is 0 Å². The lowest BCUT2D eigenvalue weighted by Gasteiger charge is -2.07. The first-order valence-electron chi connectivity index (χ1n) is 6.76. The Kier molecular flexibility index (Phi) is 3.11. The van der Waals surface area contributed by atoms with Crippen molar-refractivity contribution < 1.29 is 4.79 Å². The fourth-order valence-electron chi connectivity index (χ4n) is 2.55. The maximum absolute atomic E-state index is 12.6. The van der Waals surface area contributed by atoms with Crippen LogP contribution in [0.1, 0.15) is 27.0 Å². The summed E-state index contributed by atoms with van der Waals surface area (Å²) in [4.78, 5) is 12.6. The topological polar surface area (TPSA) is 17.1 Å². The maximum Gasteiger partial charge on any atom is 0.193 e. The normalized spacial score (nSPS) is 10.7. The van der Waals surface area contributed by atoms with E-state index in [0.29, 0.717) is 0 Å².